The fraction of sp³-hybridized carbons (Fsp3) is 0.222. The first-order valence-electron chi connectivity index (χ1n) is 4.27. The Bertz CT molecular complexity index is 439. The largest absolute Gasteiger partial charge is 0.398 e. The summed E-state index contributed by atoms with van der Waals surface area (Å²) in [6.07, 6.45) is -4.06. The van der Waals surface area contributed by atoms with Gasteiger partial charge in [0, 0.05) is 15.8 Å². The number of carbonyl (C=O) groups is 1. The molecule has 1 aromatic rings. The first-order chi connectivity index (χ1) is 7.75. The smallest absolute Gasteiger partial charge is 0.383 e. The van der Waals surface area contributed by atoms with Gasteiger partial charge in [0.25, 0.3) is 0 Å². The van der Waals surface area contributed by atoms with Crippen LogP contribution in [0.15, 0.2) is 22.7 Å². The lowest BCUT2D eigenvalue weighted by Gasteiger charge is -2.15. The maximum atomic E-state index is 12.6. The molecule has 0 saturated heterocycles. The average Bonchev–Trinajstić information content (AvgIpc) is 2.23. The third-order valence-corrected chi connectivity index (χ3v) is 2.52. The Morgan fingerprint density at radius 3 is 2.47 bits per heavy atom. The molecular formula is C9H7BrF4N2O. The summed E-state index contributed by atoms with van der Waals surface area (Å²) < 4.78 is 49.3. The molecule has 0 aliphatic rings. The molecule has 0 unspecified atom stereocenters. The number of benzene rings is 1. The van der Waals surface area contributed by atoms with Gasteiger partial charge in [0.15, 0.2) is 0 Å². The van der Waals surface area contributed by atoms with Crippen molar-refractivity contribution in [3.05, 3.63) is 22.7 Å². The maximum Gasteiger partial charge on any atom is 0.383 e. The molecule has 94 valence electrons. The standard InChI is InChI=1S/C9H7BrF4N2O/c10-5-3-4(1-2-6(5)15)16-8(17)9(13,14)7(11)12/h1-3,7H,15H2,(H,16,17). The molecule has 1 aromatic carbocycles. The fourth-order valence-corrected chi connectivity index (χ4v) is 1.30. The number of nitrogens with one attached hydrogen (secondary N) is 1. The minimum absolute atomic E-state index is 0.0589. The minimum Gasteiger partial charge on any atom is -0.398 e. The number of halogens is 5. The zero-order valence-electron chi connectivity index (χ0n) is 8.18. The van der Waals surface area contributed by atoms with Gasteiger partial charge in [-0.15, -0.1) is 0 Å². The number of alkyl halides is 4. The first kappa shape index (κ1) is 13.8. The summed E-state index contributed by atoms with van der Waals surface area (Å²) in [5, 5.41) is 1.68. The Kier molecular flexibility index (Phi) is 3.97. The molecule has 0 spiro atoms. The Labute approximate surface area is 102 Å². The predicted molar refractivity (Wildman–Crippen MR) is 58.1 cm³/mol. The molecule has 0 bridgehead atoms. The molecule has 0 saturated carbocycles. The zero-order chi connectivity index (χ0) is 13.2. The monoisotopic (exact) mass is 314 g/mol. The third-order valence-electron chi connectivity index (χ3n) is 1.84. The van der Waals surface area contributed by atoms with E-state index < -0.39 is 18.3 Å². The summed E-state index contributed by atoms with van der Waals surface area (Å²) >= 11 is 3.00. The SMILES string of the molecule is Nc1ccc(NC(=O)C(F)(F)C(F)F)cc1Br. The van der Waals surface area contributed by atoms with Crippen LogP contribution >= 0.6 is 15.9 Å². The van der Waals surface area contributed by atoms with Gasteiger partial charge in [0.1, 0.15) is 0 Å². The highest BCUT2D eigenvalue weighted by Gasteiger charge is 2.48. The van der Waals surface area contributed by atoms with Gasteiger partial charge in [-0.3, -0.25) is 4.79 Å². The summed E-state index contributed by atoms with van der Waals surface area (Å²) in [6.45, 7) is 0. The summed E-state index contributed by atoms with van der Waals surface area (Å²) in [5.41, 5.74) is 5.69. The molecule has 0 heterocycles. The molecule has 1 rings (SSSR count). The Morgan fingerprint density at radius 1 is 1.41 bits per heavy atom. The van der Waals surface area contributed by atoms with Crippen molar-refractivity contribution in [2.45, 2.75) is 12.3 Å². The average molecular weight is 315 g/mol. The van der Waals surface area contributed by atoms with Crippen molar-refractivity contribution in [2.75, 3.05) is 11.1 Å². The van der Waals surface area contributed by atoms with Crippen LogP contribution in [-0.4, -0.2) is 18.3 Å². The number of hydrogen-bond donors (Lipinski definition) is 2. The van der Waals surface area contributed by atoms with E-state index in [0.717, 1.165) is 0 Å². The molecule has 0 aromatic heterocycles. The molecule has 17 heavy (non-hydrogen) atoms. The molecule has 0 aliphatic carbocycles. The molecule has 0 fully saturated rings. The molecular weight excluding hydrogens is 308 g/mol. The van der Waals surface area contributed by atoms with Crippen molar-refractivity contribution in [3.8, 4) is 0 Å². The van der Waals surface area contributed by atoms with E-state index in [1.54, 1.807) is 5.32 Å². The Morgan fingerprint density at radius 2 is 2.00 bits per heavy atom. The van der Waals surface area contributed by atoms with Crippen molar-refractivity contribution >= 4 is 33.2 Å². The summed E-state index contributed by atoms with van der Waals surface area (Å²) in [5.74, 6) is -6.79. The molecule has 8 heteroatoms. The molecule has 0 atom stereocenters. The second-order valence-electron chi connectivity index (χ2n) is 3.11. The van der Waals surface area contributed by atoms with Crippen LogP contribution < -0.4 is 11.1 Å². The highest BCUT2D eigenvalue weighted by Crippen LogP contribution is 2.27. The summed E-state index contributed by atoms with van der Waals surface area (Å²) in [6, 6.07) is 3.79. The minimum atomic E-state index is -4.73. The van der Waals surface area contributed by atoms with Crippen LogP contribution in [0.2, 0.25) is 0 Å². The molecule has 3 N–H and O–H groups in total. The number of carbonyl (C=O) groups excluding carboxylic acids is 1. The van der Waals surface area contributed by atoms with Crippen LogP contribution in [0.1, 0.15) is 0 Å². The van der Waals surface area contributed by atoms with E-state index in [4.69, 9.17) is 5.73 Å². The van der Waals surface area contributed by atoms with E-state index in [2.05, 4.69) is 15.9 Å². The summed E-state index contributed by atoms with van der Waals surface area (Å²) in [7, 11) is 0. The van der Waals surface area contributed by atoms with Gasteiger partial charge >= 0.3 is 18.3 Å². The number of anilines is 2. The van der Waals surface area contributed by atoms with Crippen LogP contribution in [0, 0.1) is 0 Å². The second kappa shape index (κ2) is 4.91. The van der Waals surface area contributed by atoms with Crippen molar-refractivity contribution in [2.24, 2.45) is 0 Å². The van der Waals surface area contributed by atoms with E-state index in [1.807, 2.05) is 0 Å². The normalized spacial score (nSPS) is 11.6. The van der Waals surface area contributed by atoms with E-state index in [0.29, 0.717) is 10.2 Å². The van der Waals surface area contributed by atoms with Crippen molar-refractivity contribution < 1.29 is 22.4 Å². The lowest BCUT2D eigenvalue weighted by atomic mass is 10.2. The van der Waals surface area contributed by atoms with Crippen LogP contribution in [0.25, 0.3) is 0 Å². The topological polar surface area (TPSA) is 55.1 Å². The van der Waals surface area contributed by atoms with Gasteiger partial charge in [-0.05, 0) is 34.1 Å². The van der Waals surface area contributed by atoms with E-state index in [1.165, 1.54) is 18.2 Å². The highest BCUT2D eigenvalue weighted by atomic mass is 79.9. The Hall–Kier alpha value is -1.31. The zero-order valence-corrected chi connectivity index (χ0v) is 9.77. The van der Waals surface area contributed by atoms with E-state index in [-0.39, 0.29) is 5.69 Å². The highest BCUT2D eigenvalue weighted by molar-refractivity contribution is 9.10. The van der Waals surface area contributed by atoms with E-state index >= 15 is 0 Å². The quantitative estimate of drug-likeness (QED) is 0.666. The van der Waals surface area contributed by atoms with Crippen molar-refractivity contribution in [1.29, 1.82) is 0 Å². The van der Waals surface area contributed by atoms with Gasteiger partial charge in [-0.2, -0.15) is 8.78 Å². The Balaban J connectivity index is 2.85. The molecule has 3 nitrogen and oxygen atoms in total. The van der Waals surface area contributed by atoms with Gasteiger partial charge in [0.2, 0.25) is 0 Å². The lowest BCUT2D eigenvalue weighted by Crippen LogP contribution is -2.40. The molecule has 1 amide bonds. The van der Waals surface area contributed by atoms with Crippen LogP contribution in [0.3, 0.4) is 0 Å². The lowest BCUT2D eigenvalue weighted by molar-refractivity contribution is -0.163. The third kappa shape index (κ3) is 3.09. The van der Waals surface area contributed by atoms with Crippen molar-refractivity contribution in [1.82, 2.24) is 0 Å². The number of rotatable bonds is 3. The van der Waals surface area contributed by atoms with Crippen LogP contribution in [0.5, 0.6) is 0 Å². The number of amides is 1. The number of hydrogen-bond acceptors (Lipinski definition) is 2. The molecule has 0 radical (unpaired) electrons. The maximum absolute atomic E-state index is 12.6. The summed E-state index contributed by atoms with van der Waals surface area (Å²) in [4.78, 5) is 10.9. The van der Waals surface area contributed by atoms with Gasteiger partial charge < -0.3 is 11.1 Å². The van der Waals surface area contributed by atoms with E-state index in [9.17, 15) is 22.4 Å². The van der Waals surface area contributed by atoms with Crippen LogP contribution in [-0.2, 0) is 4.79 Å². The fourth-order valence-electron chi connectivity index (χ4n) is 0.918. The van der Waals surface area contributed by atoms with Gasteiger partial charge in [0.05, 0.1) is 0 Å². The number of nitrogen functional groups attached to an aromatic ring is 1. The number of nitrogens with two attached hydrogens (primary N) is 1. The second-order valence-corrected chi connectivity index (χ2v) is 3.97. The predicted octanol–water partition coefficient (Wildman–Crippen LogP) is 2.87. The van der Waals surface area contributed by atoms with Gasteiger partial charge in [-0.25, -0.2) is 8.78 Å². The van der Waals surface area contributed by atoms with Crippen LogP contribution in [0.4, 0.5) is 28.9 Å². The molecule has 0 aliphatic heterocycles. The van der Waals surface area contributed by atoms with Crippen molar-refractivity contribution in [3.63, 3.8) is 0 Å². The first-order valence-corrected chi connectivity index (χ1v) is 5.07. The van der Waals surface area contributed by atoms with Gasteiger partial charge in [-0.1, -0.05) is 0 Å².